The number of aliphatic carboxylic acids is 1. The Morgan fingerprint density at radius 1 is 1.50 bits per heavy atom. The van der Waals surface area contributed by atoms with Gasteiger partial charge in [0.1, 0.15) is 5.75 Å². The van der Waals surface area contributed by atoms with Gasteiger partial charge >= 0.3 is 12.6 Å². The summed E-state index contributed by atoms with van der Waals surface area (Å²) < 4.78 is 28.5. The lowest BCUT2D eigenvalue weighted by atomic mass is 9.90. The molecule has 9 heteroatoms. The number of hydrogen-bond donors (Lipinski definition) is 2. The summed E-state index contributed by atoms with van der Waals surface area (Å²) in [5.41, 5.74) is -0.510. The number of likely N-dealkylation sites (tertiary alicyclic amines) is 1. The van der Waals surface area contributed by atoms with Gasteiger partial charge in [-0.15, -0.1) is 0 Å². The molecule has 1 heterocycles. The van der Waals surface area contributed by atoms with Crippen LogP contribution in [-0.2, 0) is 9.59 Å². The average Bonchev–Trinajstić information content (AvgIpc) is 2.84. The molecule has 6 nitrogen and oxygen atoms in total. The molecule has 0 aliphatic carbocycles. The fourth-order valence-electron chi connectivity index (χ4n) is 2.54. The molecule has 1 aliphatic heterocycles. The van der Waals surface area contributed by atoms with Crippen LogP contribution >= 0.6 is 11.6 Å². The number of halogens is 3. The van der Waals surface area contributed by atoms with Crippen molar-refractivity contribution in [3.8, 4) is 5.75 Å². The third kappa shape index (κ3) is 4.55. The second-order valence-electron chi connectivity index (χ2n) is 5.90. The smallest absolute Gasteiger partial charge is 0.387 e. The summed E-state index contributed by atoms with van der Waals surface area (Å²) in [7, 11) is 0. The zero-order valence-electron chi connectivity index (χ0n) is 12.9. The number of amides is 1. The molecule has 0 radical (unpaired) electrons. The first-order valence-corrected chi connectivity index (χ1v) is 7.57. The van der Waals surface area contributed by atoms with E-state index >= 15 is 0 Å². The molecular weight excluding hydrogens is 346 g/mol. The summed E-state index contributed by atoms with van der Waals surface area (Å²) in [5, 5.41) is 11.7. The van der Waals surface area contributed by atoms with Crippen LogP contribution < -0.4 is 10.1 Å². The molecule has 1 saturated heterocycles. The Kier molecular flexibility index (Phi) is 5.61. The molecule has 1 unspecified atom stereocenters. The molecule has 0 bridgehead atoms. The first-order chi connectivity index (χ1) is 11.2. The van der Waals surface area contributed by atoms with Gasteiger partial charge in [0.05, 0.1) is 17.0 Å². The predicted octanol–water partition coefficient (Wildman–Crippen LogP) is 2.68. The van der Waals surface area contributed by atoms with Gasteiger partial charge in [-0.2, -0.15) is 8.78 Å². The van der Waals surface area contributed by atoms with Crippen LogP contribution in [0.25, 0.3) is 0 Å². The fraction of sp³-hybridized carbons (Fsp3) is 0.467. The van der Waals surface area contributed by atoms with E-state index in [0.717, 1.165) is 0 Å². The number of nitrogens with zero attached hydrogens (tertiary/aromatic N) is 1. The van der Waals surface area contributed by atoms with Gasteiger partial charge in [-0.25, -0.2) is 0 Å². The Labute approximate surface area is 142 Å². The standard InChI is InChI=1S/C15H17ClF2N2O4/c1-15(13(22)23)4-5-20(8-15)7-12(21)19-9-2-3-11(10(16)6-9)24-14(17)18/h2-3,6,14H,4-5,7-8H2,1H3,(H,19,21)(H,22,23). The molecule has 1 atom stereocenters. The maximum atomic E-state index is 12.2. The molecule has 132 valence electrons. The van der Waals surface area contributed by atoms with E-state index in [-0.39, 0.29) is 29.8 Å². The molecular formula is C15H17ClF2N2O4. The molecule has 2 rings (SSSR count). The predicted molar refractivity (Wildman–Crippen MR) is 83.5 cm³/mol. The van der Waals surface area contributed by atoms with Crippen molar-refractivity contribution in [3.63, 3.8) is 0 Å². The highest BCUT2D eigenvalue weighted by molar-refractivity contribution is 6.32. The van der Waals surface area contributed by atoms with Crippen LogP contribution in [-0.4, -0.2) is 48.1 Å². The van der Waals surface area contributed by atoms with Crippen molar-refractivity contribution >= 4 is 29.2 Å². The molecule has 1 aromatic rings. The first kappa shape index (κ1) is 18.4. The Balaban J connectivity index is 1.91. The van der Waals surface area contributed by atoms with Crippen molar-refractivity contribution in [2.45, 2.75) is 20.0 Å². The third-order valence-corrected chi connectivity index (χ3v) is 4.16. The molecule has 2 N–H and O–H groups in total. The Morgan fingerprint density at radius 2 is 2.21 bits per heavy atom. The summed E-state index contributed by atoms with van der Waals surface area (Å²) in [6.45, 7) is -0.498. The maximum absolute atomic E-state index is 12.2. The lowest BCUT2D eigenvalue weighted by Crippen LogP contribution is -2.35. The monoisotopic (exact) mass is 362 g/mol. The third-order valence-electron chi connectivity index (χ3n) is 3.87. The van der Waals surface area contributed by atoms with Gasteiger partial charge in [0.2, 0.25) is 5.91 Å². The summed E-state index contributed by atoms with van der Waals surface area (Å²) in [4.78, 5) is 25.0. The van der Waals surface area contributed by atoms with Gasteiger partial charge in [0.25, 0.3) is 0 Å². The second kappa shape index (κ2) is 7.31. The topological polar surface area (TPSA) is 78.9 Å². The van der Waals surface area contributed by atoms with Crippen LogP contribution in [0, 0.1) is 5.41 Å². The summed E-state index contributed by atoms with van der Waals surface area (Å²) in [5.74, 6) is -1.41. The summed E-state index contributed by atoms with van der Waals surface area (Å²) in [6.07, 6.45) is 0.473. The minimum atomic E-state index is -2.98. The van der Waals surface area contributed by atoms with Crippen molar-refractivity contribution in [1.29, 1.82) is 0 Å². The second-order valence-corrected chi connectivity index (χ2v) is 6.31. The number of carbonyl (C=O) groups excluding carboxylic acids is 1. The zero-order valence-corrected chi connectivity index (χ0v) is 13.6. The van der Waals surface area contributed by atoms with E-state index in [2.05, 4.69) is 10.1 Å². The highest BCUT2D eigenvalue weighted by Crippen LogP contribution is 2.31. The minimum absolute atomic E-state index is 0.0375. The van der Waals surface area contributed by atoms with E-state index in [4.69, 9.17) is 11.6 Å². The van der Waals surface area contributed by atoms with E-state index in [1.54, 1.807) is 11.8 Å². The zero-order chi connectivity index (χ0) is 17.9. The highest BCUT2D eigenvalue weighted by atomic mass is 35.5. The van der Waals surface area contributed by atoms with Crippen molar-refractivity contribution in [2.75, 3.05) is 25.0 Å². The van der Waals surface area contributed by atoms with Gasteiger partial charge in [0, 0.05) is 12.2 Å². The molecule has 0 saturated carbocycles. The Hall–Kier alpha value is -1.93. The number of carboxylic acid groups (broad SMARTS) is 1. The van der Waals surface area contributed by atoms with Crippen molar-refractivity contribution in [2.24, 2.45) is 5.41 Å². The molecule has 1 amide bonds. The van der Waals surface area contributed by atoms with Gasteiger partial charge in [-0.1, -0.05) is 11.6 Å². The quantitative estimate of drug-likeness (QED) is 0.813. The molecule has 1 aromatic carbocycles. The number of carbonyl (C=O) groups is 2. The normalized spacial score (nSPS) is 21.0. The maximum Gasteiger partial charge on any atom is 0.387 e. The van der Waals surface area contributed by atoms with Crippen LogP contribution in [0.5, 0.6) is 5.75 Å². The summed E-state index contributed by atoms with van der Waals surface area (Å²) >= 11 is 5.81. The van der Waals surface area contributed by atoms with Crippen molar-refractivity contribution in [3.05, 3.63) is 23.2 Å². The molecule has 0 aromatic heterocycles. The number of benzene rings is 1. The number of alkyl halides is 2. The van der Waals surface area contributed by atoms with E-state index in [1.165, 1.54) is 18.2 Å². The van der Waals surface area contributed by atoms with E-state index in [9.17, 15) is 23.5 Å². The van der Waals surface area contributed by atoms with Crippen molar-refractivity contribution in [1.82, 2.24) is 4.90 Å². The van der Waals surface area contributed by atoms with E-state index in [1.807, 2.05) is 0 Å². The lowest BCUT2D eigenvalue weighted by Gasteiger charge is -2.19. The van der Waals surface area contributed by atoms with Gasteiger partial charge < -0.3 is 15.2 Å². The van der Waals surface area contributed by atoms with E-state index in [0.29, 0.717) is 18.7 Å². The minimum Gasteiger partial charge on any atom is -0.481 e. The highest BCUT2D eigenvalue weighted by Gasteiger charge is 2.40. The number of hydrogen-bond acceptors (Lipinski definition) is 4. The largest absolute Gasteiger partial charge is 0.481 e. The van der Waals surface area contributed by atoms with E-state index < -0.39 is 18.0 Å². The Morgan fingerprint density at radius 3 is 2.75 bits per heavy atom. The van der Waals surface area contributed by atoms with Gasteiger partial charge in [-0.05, 0) is 38.1 Å². The Bertz CT molecular complexity index is 644. The molecule has 0 spiro atoms. The van der Waals surface area contributed by atoms with Gasteiger partial charge in [0.15, 0.2) is 0 Å². The van der Waals surface area contributed by atoms with Crippen LogP contribution in [0.2, 0.25) is 5.02 Å². The number of rotatable bonds is 6. The number of nitrogens with one attached hydrogen (secondary N) is 1. The lowest BCUT2D eigenvalue weighted by molar-refractivity contribution is -0.147. The average molecular weight is 363 g/mol. The molecule has 1 aliphatic rings. The SMILES string of the molecule is CC1(C(=O)O)CCN(CC(=O)Nc2ccc(OC(F)F)c(Cl)c2)C1. The number of ether oxygens (including phenoxy) is 1. The first-order valence-electron chi connectivity index (χ1n) is 7.19. The van der Waals surface area contributed by atoms with Crippen LogP contribution in [0.3, 0.4) is 0 Å². The van der Waals surface area contributed by atoms with Crippen LogP contribution in [0.15, 0.2) is 18.2 Å². The number of carboxylic acids is 1. The fourth-order valence-corrected chi connectivity index (χ4v) is 2.76. The molecule has 1 fully saturated rings. The van der Waals surface area contributed by atoms with Crippen LogP contribution in [0.4, 0.5) is 14.5 Å². The summed E-state index contributed by atoms with van der Waals surface area (Å²) in [6, 6.07) is 3.94. The van der Waals surface area contributed by atoms with Crippen molar-refractivity contribution < 1.29 is 28.2 Å². The molecule has 24 heavy (non-hydrogen) atoms. The number of anilines is 1. The van der Waals surface area contributed by atoms with Gasteiger partial charge in [-0.3, -0.25) is 14.5 Å². The van der Waals surface area contributed by atoms with Crippen LogP contribution in [0.1, 0.15) is 13.3 Å².